The number of likely N-dealkylation sites (tertiary alicyclic amines) is 1. The second-order valence-electron chi connectivity index (χ2n) is 8.69. The lowest BCUT2D eigenvalue weighted by Crippen LogP contribution is -2.49. The third kappa shape index (κ3) is 4.75. The Morgan fingerprint density at radius 1 is 1.09 bits per heavy atom. The number of ketones is 1. The zero-order valence-electron chi connectivity index (χ0n) is 17.8. The Morgan fingerprint density at radius 2 is 1.88 bits per heavy atom. The fourth-order valence-corrected chi connectivity index (χ4v) is 4.70. The van der Waals surface area contributed by atoms with Crippen LogP contribution in [0.5, 0.6) is 0 Å². The number of rotatable bonds is 5. The normalized spacial score (nSPS) is 17.2. The van der Waals surface area contributed by atoms with Crippen LogP contribution in [0.2, 0.25) is 0 Å². The van der Waals surface area contributed by atoms with Gasteiger partial charge in [0.25, 0.3) is 0 Å². The smallest absolute Gasteiger partial charge is 0.317 e. The first-order valence-electron chi connectivity index (χ1n) is 10.9. The molecule has 170 valence electrons. The van der Waals surface area contributed by atoms with Gasteiger partial charge in [0, 0.05) is 38.2 Å². The number of hydrogen-bond donors (Lipinski definition) is 3. The minimum absolute atomic E-state index is 0.0226. The molecule has 2 aromatic carbocycles. The molecule has 1 aliphatic heterocycles. The number of nitrogens with zero attached hydrogens (tertiary/aromatic N) is 1. The van der Waals surface area contributed by atoms with Crippen molar-refractivity contribution in [1.82, 2.24) is 10.2 Å². The lowest BCUT2D eigenvalue weighted by molar-refractivity contribution is 0.0735. The summed E-state index contributed by atoms with van der Waals surface area (Å²) in [5.41, 5.74) is 2.23. The molecule has 32 heavy (non-hydrogen) atoms. The van der Waals surface area contributed by atoms with E-state index in [1.165, 1.54) is 18.2 Å². The van der Waals surface area contributed by atoms with Crippen molar-refractivity contribution in [2.24, 2.45) is 5.41 Å². The summed E-state index contributed by atoms with van der Waals surface area (Å²) < 4.78 is 27.3. The van der Waals surface area contributed by atoms with Crippen LogP contribution < -0.4 is 10.6 Å². The number of hydrogen-bond acceptors (Lipinski definition) is 4. The van der Waals surface area contributed by atoms with Crippen LogP contribution in [-0.2, 0) is 13.0 Å². The Morgan fingerprint density at radius 3 is 2.62 bits per heavy atom. The van der Waals surface area contributed by atoms with Gasteiger partial charge < -0.3 is 20.6 Å². The molecule has 1 spiro atoms. The average Bonchev–Trinajstić information content (AvgIpc) is 2.78. The molecular formula is C24H27F2N3O3. The Labute approximate surface area is 185 Å². The van der Waals surface area contributed by atoms with Crippen molar-refractivity contribution in [3.8, 4) is 0 Å². The fraction of sp³-hybridized carbons (Fsp3) is 0.417. The maximum absolute atomic E-state index is 13.8. The summed E-state index contributed by atoms with van der Waals surface area (Å²) in [6, 6.07) is 8.79. The van der Waals surface area contributed by atoms with E-state index in [0.29, 0.717) is 25.1 Å². The summed E-state index contributed by atoms with van der Waals surface area (Å²) in [6.07, 6.45) is 2.55. The summed E-state index contributed by atoms with van der Waals surface area (Å²) in [5, 5.41) is 14.6. The summed E-state index contributed by atoms with van der Waals surface area (Å²) >= 11 is 0. The van der Waals surface area contributed by atoms with Gasteiger partial charge in [-0.05, 0) is 60.1 Å². The molecule has 1 saturated heterocycles. The lowest BCUT2D eigenvalue weighted by atomic mass is 9.66. The van der Waals surface area contributed by atoms with Gasteiger partial charge in [0.15, 0.2) is 5.78 Å². The highest BCUT2D eigenvalue weighted by molar-refractivity contribution is 5.99. The van der Waals surface area contributed by atoms with E-state index in [0.717, 1.165) is 30.4 Å². The van der Waals surface area contributed by atoms with E-state index < -0.39 is 11.6 Å². The van der Waals surface area contributed by atoms with Crippen LogP contribution in [-0.4, -0.2) is 48.1 Å². The number of aliphatic hydroxyl groups is 1. The highest BCUT2D eigenvalue weighted by atomic mass is 19.1. The average molecular weight is 443 g/mol. The zero-order valence-corrected chi connectivity index (χ0v) is 17.8. The van der Waals surface area contributed by atoms with Crippen LogP contribution in [0.25, 0.3) is 0 Å². The van der Waals surface area contributed by atoms with Crippen molar-refractivity contribution in [2.75, 3.05) is 31.6 Å². The van der Waals surface area contributed by atoms with Crippen LogP contribution in [0.4, 0.5) is 19.3 Å². The number of carbonyl (C=O) groups is 2. The maximum Gasteiger partial charge on any atom is 0.317 e. The Kier molecular flexibility index (Phi) is 6.41. The Hall–Kier alpha value is -3.00. The first kappa shape index (κ1) is 22.2. The number of urea groups is 1. The molecule has 1 heterocycles. The molecule has 0 unspecified atom stereocenters. The van der Waals surface area contributed by atoms with Crippen molar-refractivity contribution >= 4 is 17.5 Å². The fourth-order valence-electron chi connectivity index (χ4n) is 4.70. The van der Waals surface area contributed by atoms with Crippen LogP contribution in [0, 0.1) is 17.0 Å². The first-order chi connectivity index (χ1) is 15.4. The second-order valence-corrected chi connectivity index (χ2v) is 8.69. The molecule has 0 atom stereocenters. The number of halogens is 2. The molecule has 6 nitrogen and oxygen atoms in total. The molecule has 0 radical (unpaired) electrons. The quantitative estimate of drug-likeness (QED) is 0.661. The van der Waals surface area contributed by atoms with E-state index in [9.17, 15) is 18.4 Å². The topological polar surface area (TPSA) is 81.7 Å². The van der Waals surface area contributed by atoms with Crippen molar-refractivity contribution in [2.45, 2.75) is 32.2 Å². The van der Waals surface area contributed by atoms with E-state index in [1.807, 2.05) is 0 Å². The van der Waals surface area contributed by atoms with Gasteiger partial charge in [0.1, 0.15) is 11.6 Å². The zero-order chi connectivity index (χ0) is 22.7. The van der Waals surface area contributed by atoms with Crippen molar-refractivity contribution < 1.29 is 23.5 Å². The summed E-state index contributed by atoms with van der Waals surface area (Å²) in [7, 11) is 0. The number of piperidine rings is 1. The predicted octanol–water partition coefficient (Wildman–Crippen LogP) is 3.49. The molecular weight excluding hydrogens is 416 g/mol. The number of Topliss-reactive ketones (excluding diaryl/α,β-unsaturated/α-hetero) is 1. The molecule has 8 heteroatoms. The highest BCUT2D eigenvalue weighted by Crippen LogP contribution is 2.43. The van der Waals surface area contributed by atoms with E-state index in [4.69, 9.17) is 5.11 Å². The molecule has 0 aromatic heterocycles. The van der Waals surface area contributed by atoms with Gasteiger partial charge >= 0.3 is 6.03 Å². The molecule has 4 rings (SSSR count). The number of amides is 2. The first-order valence-corrected chi connectivity index (χ1v) is 10.9. The van der Waals surface area contributed by atoms with Gasteiger partial charge in [-0.25, -0.2) is 13.6 Å². The van der Waals surface area contributed by atoms with Crippen molar-refractivity contribution in [3.63, 3.8) is 0 Å². The summed E-state index contributed by atoms with van der Waals surface area (Å²) in [6.45, 7) is 1.48. The van der Waals surface area contributed by atoms with Gasteiger partial charge in [0.05, 0.1) is 12.3 Å². The maximum atomic E-state index is 13.8. The predicted molar refractivity (Wildman–Crippen MR) is 117 cm³/mol. The third-order valence-corrected chi connectivity index (χ3v) is 6.49. The number of benzene rings is 2. The van der Waals surface area contributed by atoms with Crippen molar-refractivity contribution in [3.05, 3.63) is 64.7 Å². The van der Waals surface area contributed by atoms with E-state index in [-0.39, 0.29) is 42.6 Å². The summed E-state index contributed by atoms with van der Waals surface area (Å²) in [5.74, 6) is -0.830. The summed E-state index contributed by atoms with van der Waals surface area (Å²) in [4.78, 5) is 27.0. The van der Waals surface area contributed by atoms with E-state index in [2.05, 4.69) is 10.6 Å². The molecule has 1 fully saturated rings. The number of anilines is 1. The molecule has 3 N–H and O–H groups in total. The number of aliphatic hydroxyl groups excluding tert-OH is 1. The SMILES string of the molecule is O=C1CC2(CCN(C(=O)NCc3ccc(F)c(NCCO)c3)CC2)Cc2ccc(F)cc21. The Balaban J connectivity index is 1.32. The third-order valence-electron chi connectivity index (χ3n) is 6.49. The van der Waals surface area contributed by atoms with E-state index in [1.54, 1.807) is 23.1 Å². The van der Waals surface area contributed by atoms with Gasteiger partial charge in [-0.3, -0.25) is 4.79 Å². The number of carbonyl (C=O) groups excluding carboxylic acids is 2. The molecule has 1 aliphatic carbocycles. The monoisotopic (exact) mass is 443 g/mol. The van der Waals surface area contributed by atoms with Gasteiger partial charge in [-0.15, -0.1) is 0 Å². The molecule has 2 aromatic rings. The minimum Gasteiger partial charge on any atom is -0.395 e. The minimum atomic E-state index is -0.416. The highest BCUT2D eigenvalue weighted by Gasteiger charge is 2.41. The number of fused-ring (bicyclic) bond motifs is 1. The standard InChI is InChI=1S/C24H27F2N3O3/c25-18-3-2-17-13-24(14-22(31)19(17)12-18)5-8-29(9-6-24)23(32)28-15-16-1-4-20(26)21(11-16)27-7-10-30/h1-4,11-12,27,30H,5-10,13-15H2,(H,28,32). The van der Waals surface area contributed by atoms with Crippen LogP contribution in [0.1, 0.15) is 40.7 Å². The largest absolute Gasteiger partial charge is 0.395 e. The van der Waals surface area contributed by atoms with Crippen molar-refractivity contribution in [1.29, 1.82) is 0 Å². The lowest BCUT2D eigenvalue weighted by Gasteiger charge is -2.44. The molecule has 2 amide bonds. The van der Waals surface area contributed by atoms with Gasteiger partial charge in [-0.2, -0.15) is 0 Å². The van der Waals surface area contributed by atoms with Crippen LogP contribution >= 0.6 is 0 Å². The second kappa shape index (κ2) is 9.24. The van der Waals surface area contributed by atoms with Gasteiger partial charge in [-0.1, -0.05) is 12.1 Å². The van der Waals surface area contributed by atoms with Crippen LogP contribution in [0.3, 0.4) is 0 Å². The molecule has 2 aliphatic rings. The Bertz CT molecular complexity index is 1020. The van der Waals surface area contributed by atoms with Gasteiger partial charge in [0.2, 0.25) is 0 Å². The number of nitrogens with one attached hydrogen (secondary N) is 2. The van der Waals surface area contributed by atoms with Crippen LogP contribution in [0.15, 0.2) is 36.4 Å². The van der Waals surface area contributed by atoms with E-state index >= 15 is 0 Å². The molecule has 0 saturated carbocycles. The molecule has 0 bridgehead atoms.